The van der Waals surface area contributed by atoms with E-state index in [9.17, 15) is 4.79 Å². The third kappa shape index (κ3) is 3.25. The zero-order valence-corrected chi connectivity index (χ0v) is 9.67. The molecule has 3 N–H and O–H groups in total. The molecule has 0 aliphatic carbocycles. The van der Waals surface area contributed by atoms with Gasteiger partial charge in [-0.15, -0.1) is 11.8 Å². The Labute approximate surface area is 93.7 Å². The lowest BCUT2D eigenvalue weighted by molar-refractivity contribution is -0.137. The van der Waals surface area contributed by atoms with Gasteiger partial charge < -0.3 is 10.8 Å². The van der Waals surface area contributed by atoms with E-state index in [1.165, 1.54) is 0 Å². The van der Waals surface area contributed by atoms with Crippen molar-refractivity contribution in [2.75, 3.05) is 6.26 Å². The van der Waals surface area contributed by atoms with Gasteiger partial charge in [-0.05, 0) is 30.4 Å². The van der Waals surface area contributed by atoms with Crippen molar-refractivity contribution >= 4 is 17.7 Å². The number of hydrogen-bond donors (Lipinski definition) is 2. The highest BCUT2D eigenvalue weighted by Crippen LogP contribution is 2.27. The van der Waals surface area contributed by atoms with E-state index in [0.29, 0.717) is 0 Å². The molecule has 4 heteroatoms. The first-order valence-electron chi connectivity index (χ1n) is 4.66. The SMILES string of the molecule is CSc1cc(C)ccc1C(N)CC(=O)O. The average Bonchev–Trinajstić information content (AvgIpc) is 2.16. The minimum absolute atomic E-state index is 0.0311. The normalized spacial score (nSPS) is 12.5. The van der Waals surface area contributed by atoms with Crippen LogP contribution in [0, 0.1) is 6.92 Å². The summed E-state index contributed by atoms with van der Waals surface area (Å²) in [6, 6.07) is 5.47. The molecule has 1 atom stereocenters. The van der Waals surface area contributed by atoms with Gasteiger partial charge >= 0.3 is 5.97 Å². The highest BCUT2D eigenvalue weighted by atomic mass is 32.2. The number of hydrogen-bond acceptors (Lipinski definition) is 3. The quantitative estimate of drug-likeness (QED) is 0.771. The predicted molar refractivity (Wildman–Crippen MR) is 62.1 cm³/mol. The number of thioether (sulfide) groups is 1. The van der Waals surface area contributed by atoms with Crippen molar-refractivity contribution in [2.45, 2.75) is 24.3 Å². The van der Waals surface area contributed by atoms with Crippen molar-refractivity contribution < 1.29 is 9.90 Å². The largest absolute Gasteiger partial charge is 0.481 e. The Kier molecular flexibility index (Phi) is 4.17. The first kappa shape index (κ1) is 12.1. The van der Waals surface area contributed by atoms with Gasteiger partial charge in [0, 0.05) is 10.9 Å². The standard InChI is InChI=1S/C11H15NO2S/c1-7-3-4-8(10(5-7)15-2)9(12)6-11(13)14/h3-5,9H,6,12H2,1-2H3,(H,13,14). The Hall–Kier alpha value is -1.00. The molecule has 0 fully saturated rings. The molecule has 1 aromatic rings. The molecule has 0 aliphatic heterocycles. The van der Waals surface area contributed by atoms with Gasteiger partial charge in [0.2, 0.25) is 0 Å². The molecule has 0 amide bonds. The molecule has 3 nitrogen and oxygen atoms in total. The summed E-state index contributed by atoms with van der Waals surface area (Å²) in [4.78, 5) is 11.6. The van der Waals surface area contributed by atoms with E-state index in [0.717, 1.165) is 16.0 Å². The van der Waals surface area contributed by atoms with Gasteiger partial charge in [0.05, 0.1) is 6.42 Å². The van der Waals surface area contributed by atoms with Crippen molar-refractivity contribution in [1.29, 1.82) is 0 Å². The number of aliphatic carboxylic acids is 1. The van der Waals surface area contributed by atoms with Crippen LogP contribution in [0.25, 0.3) is 0 Å². The van der Waals surface area contributed by atoms with Crippen LogP contribution in [-0.2, 0) is 4.79 Å². The number of nitrogens with two attached hydrogens (primary N) is 1. The van der Waals surface area contributed by atoms with Crippen LogP contribution in [0.1, 0.15) is 23.6 Å². The molecule has 0 bridgehead atoms. The van der Waals surface area contributed by atoms with Crippen LogP contribution < -0.4 is 5.73 Å². The summed E-state index contributed by atoms with van der Waals surface area (Å²) in [5.74, 6) is -0.866. The van der Waals surface area contributed by atoms with E-state index in [4.69, 9.17) is 10.8 Å². The van der Waals surface area contributed by atoms with E-state index in [1.807, 2.05) is 31.4 Å². The third-order valence-corrected chi connectivity index (χ3v) is 2.98. The molecule has 0 radical (unpaired) electrons. The average molecular weight is 225 g/mol. The number of benzene rings is 1. The summed E-state index contributed by atoms with van der Waals surface area (Å²) < 4.78 is 0. The Morgan fingerprint density at radius 2 is 2.27 bits per heavy atom. The topological polar surface area (TPSA) is 63.3 Å². The first-order chi connectivity index (χ1) is 7.04. The summed E-state index contributed by atoms with van der Waals surface area (Å²) in [5.41, 5.74) is 7.90. The Morgan fingerprint density at radius 3 is 2.80 bits per heavy atom. The van der Waals surface area contributed by atoms with Gasteiger partial charge in [-0.3, -0.25) is 4.79 Å². The van der Waals surface area contributed by atoms with Gasteiger partial charge in [0.25, 0.3) is 0 Å². The number of carbonyl (C=O) groups is 1. The van der Waals surface area contributed by atoms with Crippen LogP contribution in [0.2, 0.25) is 0 Å². The van der Waals surface area contributed by atoms with Crippen LogP contribution in [-0.4, -0.2) is 17.3 Å². The molecule has 82 valence electrons. The van der Waals surface area contributed by atoms with Gasteiger partial charge in [-0.2, -0.15) is 0 Å². The molecule has 0 spiro atoms. The number of rotatable bonds is 4. The van der Waals surface area contributed by atoms with Crippen molar-refractivity contribution in [1.82, 2.24) is 0 Å². The fourth-order valence-electron chi connectivity index (χ4n) is 1.42. The Balaban J connectivity index is 2.97. The van der Waals surface area contributed by atoms with Crippen LogP contribution in [0.4, 0.5) is 0 Å². The number of carboxylic acid groups (broad SMARTS) is 1. The zero-order chi connectivity index (χ0) is 11.4. The molecule has 0 saturated heterocycles. The fraction of sp³-hybridized carbons (Fsp3) is 0.364. The molecule has 0 aliphatic rings. The van der Waals surface area contributed by atoms with Crippen LogP contribution in [0.5, 0.6) is 0 Å². The molecule has 0 saturated carbocycles. The second-order valence-corrected chi connectivity index (χ2v) is 4.30. The molecular weight excluding hydrogens is 210 g/mol. The van der Waals surface area contributed by atoms with Gasteiger partial charge in [0.1, 0.15) is 0 Å². The van der Waals surface area contributed by atoms with Gasteiger partial charge in [-0.1, -0.05) is 12.1 Å². The molecule has 15 heavy (non-hydrogen) atoms. The van der Waals surface area contributed by atoms with E-state index in [-0.39, 0.29) is 6.42 Å². The lowest BCUT2D eigenvalue weighted by Gasteiger charge is -2.14. The second-order valence-electron chi connectivity index (χ2n) is 3.45. The third-order valence-electron chi connectivity index (χ3n) is 2.18. The fourth-order valence-corrected chi connectivity index (χ4v) is 2.18. The van der Waals surface area contributed by atoms with Crippen molar-refractivity contribution in [3.8, 4) is 0 Å². The van der Waals surface area contributed by atoms with E-state index in [1.54, 1.807) is 11.8 Å². The second kappa shape index (κ2) is 5.19. The Bertz CT molecular complexity index is 366. The zero-order valence-electron chi connectivity index (χ0n) is 8.86. The maximum Gasteiger partial charge on any atom is 0.305 e. The van der Waals surface area contributed by atoms with E-state index < -0.39 is 12.0 Å². The Morgan fingerprint density at radius 1 is 1.60 bits per heavy atom. The molecular formula is C11H15NO2S. The van der Waals surface area contributed by atoms with Crippen LogP contribution in [0.15, 0.2) is 23.1 Å². The molecule has 1 unspecified atom stereocenters. The summed E-state index contributed by atoms with van der Waals surface area (Å²) in [6.45, 7) is 2.01. The number of aryl methyl sites for hydroxylation is 1. The van der Waals surface area contributed by atoms with Crippen molar-refractivity contribution in [2.24, 2.45) is 5.73 Å². The smallest absolute Gasteiger partial charge is 0.305 e. The monoisotopic (exact) mass is 225 g/mol. The van der Waals surface area contributed by atoms with Crippen molar-refractivity contribution in [3.05, 3.63) is 29.3 Å². The summed E-state index contributed by atoms with van der Waals surface area (Å²) in [7, 11) is 0. The van der Waals surface area contributed by atoms with Crippen molar-refractivity contribution in [3.63, 3.8) is 0 Å². The minimum atomic E-state index is -0.866. The van der Waals surface area contributed by atoms with Crippen LogP contribution >= 0.6 is 11.8 Å². The number of carboxylic acids is 1. The van der Waals surface area contributed by atoms with E-state index in [2.05, 4.69) is 0 Å². The van der Waals surface area contributed by atoms with Gasteiger partial charge in [0.15, 0.2) is 0 Å². The van der Waals surface area contributed by atoms with Crippen LogP contribution in [0.3, 0.4) is 0 Å². The maximum atomic E-state index is 10.6. The summed E-state index contributed by atoms with van der Waals surface area (Å²) in [6.07, 6.45) is 1.93. The lowest BCUT2D eigenvalue weighted by atomic mass is 10.0. The minimum Gasteiger partial charge on any atom is -0.481 e. The first-order valence-corrected chi connectivity index (χ1v) is 5.89. The molecule has 1 aromatic carbocycles. The van der Waals surface area contributed by atoms with Gasteiger partial charge in [-0.25, -0.2) is 0 Å². The lowest BCUT2D eigenvalue weighted by Crippen LogP contribution is -2.15. The molecule has 1 rings (SSSR count). The predicted octanol–water partition coefficient (Wildman–Crippen LogP) is 2.19. The maximum absolute atomic E-state index is 10.6. The summed E-state index contributed by atoms with van der Waals surface area (Å²) in [5, 5.41) is 8.68. The van der Waals surface area contributed by atoms with E-state index >= 15 is 0 Å². The highest BCUT2D eigenvalue weighted by molar-refractivity contribution is 7.98. The summed E-state index contributed by atoms with van der Waals surface area (Å²) >= 11 is 1.59. The highest BCUT2D eigenvalue weighted by Gasteiger charge is 2.13. The molecule has 0 aromatic heterocycles. The molecule has 0 heterocycles.